The molecule has 4 nitrogen and oxygen atoms in total. The van der Waals surface area contributed by atoms with Crippen molar-refractivity contribution in [3.63, 3.8) is 0 Å². The normalized spacial score (nSPS) is 13.0. The predicted octanol–water partition coefficient (Wildman–Crippen LogP) is 16.4. The number of aryl methyl sites for hydroxylation is 2. The summed E-state index contributed by atoms with van der Waals surface area (Å²) in [4.78, 5) is 17.6. The van der Waals surface area contributed by atoms with E-state index in [9.17, 15) is 9.90 Å². The topological polar surface area (TPSA) is 63.3 Å². The number of carbonyl (C=O) groups excluding carboxylic acids is 1. The Morgan fingerprint density at radius 1 is 0.754 bits per heavy atom. The van der Waals surface area contributed by atoms with Gasteiger partial charge in [-0.3, -0.25) is 9.78 Å². The van der Waals surface area contributed by atoms with Crippen molar-refractivity contribution >= 4 is 49.4 Å². The summed E-state index contributed by atoms with van der Waals surface area (Å²) in [6.45, 7) is 34.8. The molecule has 0 amide bonds. The van der Waals surface area contributed by atoms with Crippen LogP contribution in [0.3, 0.4) is 0 Å². The number of aromatic nitrogens is 1. The summed E-state index contributed by atoms with van der Waals surface area (Å²) in [5.41, 5.74) is 11.0. The molecule has 6 aromatic rings. The first-order chi connectivity index (χ1) is 28.0. The van der Waals surface area contributed by atoms with E-state index in [4.69, 9.17) is 9.40 Å². The molecule has 61 heavy (non-hydrogen) atoms. The molecule has 1 N–H and O–H groups in total. The number of nitrogens with zero attached hydrogens (tertiary/aromatic N) is 1. The van der Waals surface area contributed by atoms with E-state index in [0.29, 0.717) is 5.92 Å². The summed E-state index contributed by atoms with van der Waals surface area (Å²) < 4.78 is 6.90. The third-order valence-electron chi connectivity index (χ3n) is 12.9. The molecule has 0 unspecified atom stereocenters. The van der Waals surface area contributed by atoms with Gasteiger partial charge in [0, 0.05) is 58.9 Å². The Labute approximate surface area is 381 Å². The van der Waals surface area contributed by atoms with Gasteiger partial charge in [-0.15, -0.1) is 29.1 Å². The fourth-order valence-corrected chi connectivity index (χ4v) is 8.55. The smallest absolute Gasteiger partial charge is 0.164 e. The van der Waals surface area contributed by atoms with E-state index in [-0.39, 0.29) is 53.3 Å². The van der Waals surface area contributed by atoms with Crippen molar-refractivity contribution in [2.45, 2.75) is 156 Å². The van der Waals surface area contributed by atoms with Crippen molar-refractivity contribution in [3.05, 3.63) is 100 Å². The van der Waals surface area contributed by atoms with E-state index < -0.39 is 0 Å². The molecule has 0 aliphatic carbocycles. The van der Waals surface area contributed by atoms with Gasteiger partial charge in [0.1, 0.15) is 16.9 Å². The van der Waals surface area contributed by atoms with Gasteiger partial charge in [0.2, 0.25) is 0 Å². The number of ketones is 1. The second kappa shape index (κ2) is 19.3. The van der Waals surface area contributed by atoms with Crippen molar-refractivity contribution in [1.82, 2.24) is 4.98 Å². The Morgan fingerprint density at radius 3 is 1.95 bits per heavy atom. The first-order valence-electron chi connectivity index (χ1n) is 22.6. The van der Waals surface area contributed by atoms with Crippen molar-refractivity contribution < 1.29 is 34.4 Å². The minimum absolute atomic E-state index is 0. The van der Waals surface area contributed by atoms with Gasteiger partial charge in [-0.1, -0.05) is 150 Å². The molecule has 0 aliphatic heterocycles. The van der Waals surface area contributed by atoms with Gasteiger partial charge in [-0.2, -0.15) is 0 Å². The second-order valence-corrected chi connectivity index (χ2v) is 21.1. The Morgan fingerprint density at radius 2 is 1.38 bits per heavy atom. The fourth-order valence-electron chi connectivity index (χ4n) is 8.55. The van der Waals surface area contributed by atoms with Crippen molar-refractivity contribution in [1.29, 1.82) is 0 Å². The van der Waals surface area contributed by atoms with Gasteiger partial charge in [-0.05, 0) is 98.3 Å². The summed E-state index contributed by atoms with van der Waals surface area (Å²) in [5.74, 6) is 0.822. The Kier molecular flexibility index (Phi) is 15.8. The maximum absolute atomic E-state index is 12.2. The van der Waals surface area contributed by atoms with Gasteiger partial charge in [0.25, 0.3) is 0 Å². The number of pyridine rings is 1. The Bertz CT molecular complexity index is 2530. The second-order valence-electron chi connectivity index (χ2n) is 21.1. The molecule has 2 heterocycles. The third-order valence-corrected chi connectivity index (χ3v) is 12.9. The number of furan rings is 1. The molecular formula is C56H74IrNO3-. The number of para-hydroxylation sites is 1. The number of aliphatic hydroxyl groups is 1. The van der Waals surface area contributed by atoms with Crippen LogP contribution in [0.1, 0.15) is 150 Å². The fraction of sp³-hybridized carbons (Fsp3) is 0.500. The van der Waals surface area contributed by atoms with Gasteiger partial charge in [0.15, 0.2) is 5.78 Å². The zero-order valence-corrected chi connectivity index (χ0v) is 42.7. The third kappa shape index (κ3) is 11.2. The van der Waals surface area contributed by atoms with E-state index in [1.54, 1.807) is 0 Å². The van der Waals surface area contributed by atoms with Gasteiger partial charge >= 0.3 is 0 Å². The van der Waals surface area contributed by atoms with E-state index in [2.05, 4.69) is 130 Å². The number of fused-ring (bicyclic) bond motifs is 6. The Hall–Kier alpha value is -3.79. The van der Waals surface area contributed by atoms with Crippen LogP contribution in [0.5, 0.6) is 0 Å². The molecule has 4 aromatic carbocycles. The van der Waals surface area contributed by atoms with Gasteiger partial charge in [0.05, 0.1) is 5.52 Å². The molecule has 5 heteroatoms. The number of rotatable bonds is 12. The average molecular weight is 1000 g/mol. The summed E-state index contributed by atoms with van der Waals surface area (Å²) >= 11 is 0. The first-order valence-corrected chi connectivity index (χ1v) is 22.6. The van der Waals surface area contributed by atoms with Gasteiger partial charge < -0.3 is 9.52 Å². The van der Waals surface area contributed by atoms with E-state index in [1.807, 2.05) is 41.5 Å². The summed E-state index contributed by atoms with van der Waals surface area (Å²) in [7, 11) is 0. The van der Waals surface area contributed by atoms with Crippen molar-refractivity contribution in [2.75, 3.05) is 0 Å². The molecule has 0 spiro atoms. The number of aliphatic hydroxyl groups excluding tert-OH is 1. The standard InChI is InChI=1S/C41H46NO.C15H28O2.Ir/c1-24(2)16-28-12-11-13-33-36-37(42-34-18-25(3)17-26(4)35(34)39(36)43-38(28)33)30-20-29-19-27(22-40(5,6)7)14-15-32(29)31(21-30)23-41(8,9)10;1-7-14(5,8-2)12(16)11-13(17)15(6,9-3)10-4;/h11-15,17-19,21,24H,16,22-23H2,1-10H3;11,16H,7-10H2,1-6H3;/q-1;;/b;12-11-;. The molecule has 0 aliphatic rings. The van der Waals surface area contributed by atoms with E-state index in [1.165, 1.54) is 44.7 Å². The summed E-state index contributed by atoms with van der Waals surface area (Å²) in [6.07, 6.45) is 7.73. The van der Waals surface area contributed by atoms with Crippen molar-refractivity contribution in [3.8, 4) is 11.3 Å². The zero-order chi connectivity index (χ0) is 44.5. The molecule has 0 saturated carbocycles. The zero-order valence-electron chi connectivity index (χ0n) is 40.3. The van der Waals surface area contributed by atoms with Gasteiger partial charge in [-0.25, -0.2) is 0 Å². The number of hydrogen-bond donors (Lipinski definition) is 1. The number of allylic oxidation sites excluding steroid dienone is 2. The average Bonchev–Trinajstić information content (AvgIpc) is 3.55. The monoisotopic (exact) mass is 1000 g/mol. The van der Waals surface area contributed by atoms with Crippen LogP contribution in [0.2, 0.25) is 0 Å². The molecule has 0 saturated heterocycles. The number of carbonyl (C=O) groups is 1. The summed E-state index contributed by atoms with van der Waals surface area (Å²) in [5, 5.41) is 15.9. The quantitative estimate of drug-likeness (QED) is 0.0754. The van der Waals surface area contributed by atoms with Crippen LogP contribution in [0, 0.1) is 47.5 Å². The molecule has 0 fully saturated rings. The van der Waals surface area contributed by atoms with Crippen LogP contribution < -0.4 is 0 Å². The minimum atomic E-state index is -0.337. The largest absolute Gasteiger partial charge is 0.512 e. The maximum Gasteiger partial charge on any atom is 0.164 e. The van der Waals surface area contributed by atoms with Crippen molar-refractivity contribution in [2.24, 2.45) is 27.6 Å². The van der Waals surface area contributed by atoms with Crippen LogP contribution >= 0.6 is 0 Å². The Balaban J connectivity index is 0.000000388. The molecule has 1 radical (unpaired) electrons. The first kappa shape index (κ1) is 49.9. The molecule has 331 valence electrons. The SMILES string of the molecule is CCC(C)(CC)C(=O)/C=C(\O)C(C)(CC)CC.Cc1cc(C)c2c(c1)nc(-c1[c-]c3cc(CC(C)(C)C)ccc3c(CC(C)(C)C)c1)c1c3cccc(CC(C)C)c3oc21.[Ir]. The van der Waals surface area contributed by atoms with Crippen LogP contribution in [-0.4, -0.2) is 15.9 Å². The van der Waals surface area contributed by atoms with E-state index >= 15 is 0 Å². The molecule has 2 aromatic heterocycles. The minimum Gasteiger partial charge on any atom is -0.512 e. The number of hydrogen-bond acceptors (Lipinski definition) is 4. The van der Waals surface area contributed by atoms with Crippen LogP contribution in [0.15, 0.2) is 70.8 Å². The molecule has 0 atom stereocenters. The molecular weight excluding hydrogens is 927 g/mol. The van der Waals surface area contributed by atoms with Crippen LogP contribution in [0.25, 0.3) is 54.9 Å². The maximum atomic E-state index is 12.2. The molecule has 0 bridgehead atoms. The number of benzene rings is 4. The molecule has 6 rings (SSSR count). The van der Waals surface area contributed by atoms with Crippen LogP contribution in [0.4, 0.5) is 0 Å². The summed E-state index contributed by atoms with van der Waals surface area (Å²) in [6, 6.07) is 24.3. The predicted molar refractivity (Wildman–Crippen MR) is 258 cm³/mol. The van der Waals surface area contributed by atoms with Crippen LogP contribution in [-0.2, 0) is 44.2 Å². The van der Waals surface area contributed by atoms with E-state index in [0.717, 1.165) is 89.0 Å².